The molecule has 0 radical (unpaired) electrons. The van der Waals surface area contributed by atoms with E-state index in [-0.39, 0.29) is 11.9 Å². The van der Waals surface area contributed by atoms with Crippen LogP contribution in [0.2, 0.25) is 0 Å². The Kier molecular flexibility index (Phi) is 6.24. The van der Waals surface area contributed by atoms with Crippen LogP contribution in [-0.4, -0.2) is 18.5 Å². The smallest absolute Gasteiger partial charge is 0.275 e. The summed E-state index contributed by atoms with van der Waals surface area (Å²) in [6, 6.07) is 21.3. The summed E-state index contributed by atoms with van der Waals surface area (Å²) >= 11 is 0. The van der Waals surface area contributed by atoms with Gasteiger partial charge in [0.25, 0.3) is 5.91 Å². The van der Waals surface area contributed by atoms with Gasteiger partial charge in [-0.1, -0.05) is 80.4 Å². The maximum atomic E-state index is 12.5. The predicted molar refractivity (Wildman–Crippen MR) is 101 cm³/mol. The first-order chi connectivity index (χ1) is 12.2. The fraction of sp³-hybridized carbons (Fsp3) is 0.409. The molecule has 0 unspecified atom stereocenters. The van der Waals surface area contributed by atoms with Crippen molar-refractivity contribution in [2.75, 3.05) is 6.54 Å². The second kappa shape index (κ2) is 8.82. The van der Waals surface area contributed by atoms with Crippen molar-refractivity contribution in [1.29, 1.82) is 0 Å². The normalized spacial score (nSPS) is 20.4. The van der Waals surface area contributed by atoms with Gasteiger partial charge in [-0.3, -0.25) is 4.79 Å². The Morgan fingerprint density at radius 1 is 1.00 bits per heavy atom. The number of quaternary nitrogens is 1. The van der Waals surface area contributed by atoms with Gasteiger partial charge in [0.05, 0.1) is 0 Å². The van der Waals surface area contributed by atoms with Gasteiger partial charge in [0.2, 0.25) is 0 Å². The molecule has 2 atom stereocenters. The zero-order chi connectivity index (χ0) is 17.5. The van der Waals surface area contributed by atoms with Crippen LogP contribution in [0.3, 0.4) is 0 Å². The Morgan fingerprint density at radius 3 is 2.12 bits per heavy atom. The van der Waals surface area contributed by atoms with Crippen LogP contribution in [0.25, 0.3) is 0 Å². The minimum atomic E-state index is 0.149. The average molecular weight is 337 g/mol. The van der Waals surface area contributed by atoms with Crippen LogP contribution in [0.15, 0.2) is 60.7 Å². The van der Waals surface area contributed by atoms with Gasteiger partial charge < -0.3 is 10.6 Å². The van der Waals surface area contributed by atoms with Crippen molar-refractivity contribution in [3.05, 3.63) is 71.8 Å². The molecule has 0 aromatic heterocycles. The van der Waals surface area contributed by atoms with E-state index in [1.165, 1.54) is 30.4 Å². The molecule has 0 saturated heterocycles. The highest BCUT2D eigenvalue weighted by atomic mass is 16.2. The summed E-state index contributed by atoms with van der Waals surface area (Å²) in [6.45, 7) is 2.71. The van der Waals surface area contributed by atoms with E-state index in [9.17, 15) is 4.79 Å². The lowest BCUT2D eigenvalue weighted by molar-refractivity contribution is -0.676. The number of hydrogen-bond acceptors (Lipinski definition) is 1. The zero-order valence-corrected chi connectivity index (χ0v) is 15.0. The number of rotatable bonds is 6. The van der Waals surface area contributed by atoms with Crippen molar-refractivity contribution in [3.8, 4) is 0 Å². The Hall–Kier alpha value is -2.13. The molecular weight excluding hydrogens is 308 g/mol. The molecule has 1 aliphatic rings. The molecule has 1 saturated carbocycles. The molecule has 3 heteroatoms. The van der Waals surface area contributed by atoms with Crippen molar-refractivity contribution in [1.82, 2.24) is 5.32 Å². The molecule has 1 fully saturated rings. The quantitative estimate of drug-likeness (QED) is 0.836. The van der Waals surface area contributed by atoms with Gasteiger partial charge in [-0.2, -0.15) is 0 Å². The number of nitrogens with two attached hydrogens (primary N) is 1. The summed E-state index contributed by atoms with van der Waals surface area (Å²) < 4.78 is 0. The van der Waals surface area contributed by atoms with E-state index in [1.807, 2.05) is 12.1 Å². The molecule has 0 aliphatic heterocycles. The van der Waals surface area contributed by atoms with Crippen molar-refractivity contribution < 1.29 is 10.1 Å². The lowest BCUT2D eigenvalue weighted by atomic mass is 9.86. The molecule has 0 heterocycles. The monoisotopic (exact) mass is 337 g/mol. The van der Waals surface area contributed by atoms with Crippen LogP contribution >= 0.6 is 0 Å². The average Bonchev–Trinajstić information content (AvgIpc) is 2.66. The van der Waals surface area contributed by atoms with Crippen molar-refractivity contribution >= 4 is 5.91 Å². The molecule has 3 N–H and O–H groups in total. The molecule has 0 bridgehead atoms. The third-order valence-electron chi connectivity index (χ3n) is 5.31. The predicted octanol–water partition coefficient (Wildman–Crippen LogP) is 3.03. The van der Waals surface area contributed by atoms with E-state index in [4.69, 9.17) is 0 Å². The molecule has 1 aliphatic carbocycles. The van der Waals surface area contributed by atoms with Crippen molar-refractivity contribution in [2.45, 2.75) is 44.7 Å². The molecule has 2 aromatic rings. The first-order valence-electron chi connectivity index (χ1n) is 9.46. The number of carbonyl (C=O) groups is 1. The Morgan fingerprint density at radius 2 is 1.56 bits per heavy atom. The highest BCUT2D eigenvalue weighted by Gasteiger charge is 2.24. The van der Waals surface area contributed by atoms with E-state index in [1.54, 1.807) is 0 Å². The minimum Gasteiger partial charge on any atom is -0.348 e. The summed E-state index contributed by atoms with van der Waals surface area (Å²) in [5.41, 5.74) is 2.46. The summed E-state index contributed by atoms with van der Waals surface area (Å²) in [4.78, 5) is 12.5. The number of nitrogens with one attached hydrogen (secondary N) is 1. The van der Waals surface area contributed by atoms with Crippen molar-refractivity contribution in [3.63, 3.8) is 0 Å². The largest absolute Gasteiger partial charge is 0.348 e. The first-order valence-corrected chi connectivity index (χ1v) is 9.46. The molecule has 3 rings (SSSR count). The van der Waals surface area contributed by atoms with Crippen LogP contribution in [0.4, 0.5) is 0 Å². The maximum absolute atomic E-state index is 12.5. The van der Waals surface area contributed by atoms with Crippen molar-refractivity contribution in [2.24, 2.45) is 5.92 Å². The SMILES string of the molecule is C[C@H]1CCCC[C@H]1NC(=O)C[NH2+]C(c1ccccc1)c1ccccc1. The number of hydrogen-bond donors (Lipinski definition) is 2. The highest BCUT2D eigenvalue weighted by molar-refractivity contribution is 5.77. The second-order valence-corrected chi connectivity index (χ2v) is 7.17. The highest BCUT2D eigenvalue weighted by Crippen LogP contribution is 2.23. The summed E-state index contributed by atoms with van der Waals surface area (Å²) in [7, 11) is 0. The number of amides is 1. The summed E-state index contributed by atoms with van der Waals surface area (Å²) in [6.07, 6.45) is 4.87. The number of carbonyl (C=O) groups excluding carboxylic acids is 1. The molecular formula is C22H29N2O+. The van der Waals surface area contributed by atoms with Crippen LogP contribution in [-0.2, 0) is 4.79 Å². The van der Waals surface area contributed by atoms with Gasteiger partial charge in [0.15, 0.2) is 6.54 Å². The van der Waals surface area contributed by atoms with E-state index in [0.29, 0.717) is 18.5 Å². The van der Waals surface area contributed by atoms with Gasteiger partial charge in [-0.15, -0.1) is 0 Å². The minimum absolute atomic E-state index is 0.149. The Labute approximate surface area is 150 Å². The van der Waals surface area contributed by atoms with Crippen LogP contribution in [0, 0.1) is 5.92 Å². The van der Waals surface area contributed by atoms with E-state index >= 15 is 0 Å². The molecule has 0 spiro atoms. The standard InChI is InChI=1S/C22H28N2O/c1-17-10-8-9-15-20(17)24-21(25)16-23-22(18-11-4-2-5-12-18)19-13-6-3-7-14-19/h2-7,11-14,17,20,22-23H,8-10,15-16H2,1H3,(H,24,25)/p+1/t17-,20+/m0/s1. The molecule has 132 valence electrons. The number of benzene rings is 2. The van der Waals surface area contributed by atoms with Crippen LogP contribution in [0.1, 0.15) is 49.8 Å². The first kappa shape index (κ1) is 17.7. The topological polar surface area (TPSA) is 45.7 Å². The summed E-state index contributed by atoms with van der Waals surface area (Å²) in [5, 5.41) is 5.40. The van der Waals surface area contributed by atoms with Gasteiger partial charge >= 0.3 is 0 Å². The third kappa shape index (κ3) is 4.93. The van der Waals surface area contributed by atoms with Crippen LogP contribution in [0.5, 0.6) is 0 Å². The Bertz CT molecular complexity index is 617. The van der Waals surface area contributed by atoms with E-state index in [0.717, 1.165) is 6.42 Å². The van der Waals surface area contributed by atoms with Gasteiger partial charge in [-0.05, 0) is 18.8 Å². The van der Waals surface area contributed by atoms with Gasteiger partial charge in [-0.25, -0.2) is 0 Å². The molecule has 1 amide bonds. The lowest BCUT2D eigenvalue weighted by Gasteiger charge is -2.29. The fourth-order valence-corrected chi connectivity index (χ4v) is 3.81. The molecule has 2 aromatic carbocycles. The van der Waals surface area contributed by atoms with Crippen LogP contribution < -0.4 is 10.6 Å². The van der Waals surface area contributed by atoms with E-state index in [2.05, 4.69) is 66.1 Å². The second-order valence-electron chi connectivity index (χ2n) is 7.17. The van der Waals surface area contributed by atoms with Gasteiger partial charge in [0, 0.05) is 17.2 Å². The zero-order valence-electron chi connectivity index (χ0n) is 15.0. The maximum Gasteiger partial charge on any atom is 0.275 e. The van der Waals surface area contributed by atoms with Gasteiger partial charge in [0.1, 0.15) is 6.04 Å². The molecule has 25 heavy (non-hydrogen) atoms. The van der Waals surface area contributed by atoms with E-state index < -0.39 is 0 Å². The fourth-order valence-electron chi connectivity index (χ4n) is 3.81. The third-order valence-corrected chi connectivity index (χ3v) is 5.31. The Balaban J connectivity index is 1.64. The summed E-state index contributed by atoms with van der Waals surface area (Å²) in [5.74, 6) is 0.743. The lowest BCUT2D eigenvalue weighted by Crippen LogP contribution is -2.88. The molecule has 3 nitrogen and oxygen atoms in total.